The fourth-order valence-electron chi connectivity index (χ4n) is 12.6. The lowest BCUT2D eigenvalue weighted by Crippen LogP contribution is -2.63. The molecular weight excluding hydrogens is 1260 g/mol. The van der Waals surface area contributed by atoms with Crippen molar-refractivity contribution in [2.24, 2.45) is 29.6 Å². The third kappa shape index (κ3) is 23.1. The number of rotatable bonds is 14. The van der Waals surface area contributed by atoms with Crippen LogP contribution in [-0.4, -0.2) is 240 Å². The number of aryl methyl sites for hydroxylation is 1. The Labute approximate surface area is 570 Å². The number of likely N-dealkylation sites (tertiary alicyclic amines) is 1. The maximum Gasteiger partial charge on any atom is 0.419 e. The van der Waals surface area contributed by atoms with Crippen molar-refractivity contribution in [2.75, 3.05) is 82.1 Å². The maximum absolute atomic E-state index is 15.1. The maximum atomic E-state index is 15.1. The molecular formula is C69H110F4N12O12. The monoisotopic (exact) mass is 1370 g/mol. The Kier molecular flexibility index (Phi) is 30.8. The summed E-state index contributed by atoms with van der Waals surface area (Å²) in [5.74, 6) is -11.7. The predicted molar refractivity (Wildman–Crippen MR) is 356 cm³/mol. The summed E-state index contributed by atoms with van der Waals surface area (Å²) in [6, 6.07) is -7.13. The van der Waals surface area contributed by atoms with E-state index in [9.17, 15) is 70.3 Å². The van der Waals surface area contributed by atoms with Crippen LogP contribution in [0, 0.1) is 35.4 Å². The highest BCUT2D eigenvalue weighted by molar-refractivity contribution is 6.00. The first-order valence-corrected chi connectivity index (χ1v) is 34.3. The van der Waals surface area contributed by atoms with Gasteiger partial charge in [0.2, 0.25) is 70.9 Å². The molecule has 97 heavy (non-hydrogen) atoms. The Morgan fingerprint density at radius 1 is 0.588 bits per heavy atom. The zero-order chi connectivity index (χ0) is 73.3. The molecule has 2 aliphatic heterocycles. The van der Waals surface area contributed by atoms with Gasteiger partial charge in [0.25, 0.3) is 0 Å². The number of alkyl halides is 3. The third-order valence-electron chi connectivity index (χ3n) is 19.3. The molecule has 12 amide bonds. The Morgan fingerprint density at radius 2 is 1.13 bits per heavy atom. The molecule has 0 spiro atoms. The molecule has 1 aromatic rings. The van der Waals surface area contributed by atoms with Crippen LogP contribution in [0.1, 0.15) is 170 Å². The molecule has 2 saturated heterocycles. The normalized spacial score (nSPS) is 24.9. The van der Waals surface area contributed by atoms with Crippen LogP contribution >= 0.6 is 0 Å². The lowest BCUT2D eigenvalue weighted by molar-refractivity contribution is -0.151. The third-order valence-corrected chi connectivity index (χ3v) is 19.3. The summed E-state index contributed by atoms with van der Waals surface area (Å²) in [6.07, 6.45) is -0.0432. The molecule has 3 fully saturated rings. The van der Waals surface area contributed by atoms with Gasteiger partial charge in [-0.15, -0.1) is 0 Å². The van der Waals surface area contributed by atoms with Gasteiger partial charge in [0.05, 0.1) is 31.6 Å². The second-order valence-electron chi connectivity index (χ2n) is 28.9. The summed E-state index contributed by atoms with van der Waals surface area (Å²) in [5.41, 5.74) is -3.30. The molecule has 4 N–H and O–H groups in total. The molecule has 0 bridgehead atoms. The van der Waals surface area contributed by atoms with Crippen LogP contribution in [0.2, 0.25) is 0 Å². The minimum Gasteiger partial charge on any atom is -0.343 e. The zero-order valence-electron chi connectivity index (χ0n) is 60.3. The molecule has 2 heterocycles. The van der Waals surface area contributed by atoms with Gasteiger partial charge in [-0.1, -0.05) is 100.0 Å². The highest BCUT2D eigenvalue weighted by Crippen LogP contribution is 2.33. The Morgan fingerprint density at radius 3 is 1.68 bits per heavy atom. The van der Waals surface area contributed by atoms with E-state index in [-0.39, 0.29) is 67.8 Å². The quantitative estimate of drug-likeness (QED) is 0.179. The van der Waals surface area contributed by atoms with Gasteiger partial charge in [0, 0.05) is 62.4 Å². The standard InChI is InChI=1S/C69H110F4N12O12/c1-18-44(8)59-66(96)80(13)39-57(88)78(11)40-58(89)82(15)53(36-45-24-20-19-21-25-45)64(94)79(12)38-55(86)74-49(29-27-46-26-28-47(48(70)35-46)69(71,72)73)60(90)75-51(33-42(4)5)63(93)84(17)68(9,10)67(97)76-50(32-41(2)3)62(92)83(16)54(65(95)85-30-22-23-31-85)37-56(87)81(14)52(34-43(6)7)61(91)77-59/h26,28,35,41-45,49-54,59H,18-25,27,29-34,36-40H2,1-17H3,(H,74,86)(H,75,90)(H,76,97)(H,77,91)/t44-,49-,50-,51-,52-,53-,54-,59-/m0/s1. The molecule has 24 nitrogen and oxygen atoms in total. The number of carbonyl (C=O) groups is 12. The molecule has 1 aliphatic carbocycles. The molecule has 0 unspecified atom stereocenters. The van der Waals surface area contributed by atoms with Crippen molar-refractivity contribution in [1.29, 1.82) is 0 Å². The summed E-state index contributed by atoms with van der Waals surface area (Å²) >= 11 is 0. The van der Waals surface area contributed by atoms with Crippen LogP contribution in [0.15, 0.2) is 18.2 Å². The molecule has 0 aromatic heterocycles. The summed E-state index contributed by atoms with van der Waals surface area (Å²) in [5, 5.41) is 11.0. The van der Waals surface area contributed by atoms with Crippen LogP contribution in [0.25, 0.3) is 0 Å². The molecule has 1 saturated carbocycles. The average Bonchev–Trinajstić information content (AvgIpc) is 1.10. The van der Waals surface area contributed by atoms with Gasteiger partial charge in [0.1, 0.15) is 53.6 Å². The first-order chi connectivity index (χ1) is 45.1. The van der Waals surface area contributed by atoms with Crippen molar-refractivity contribution >= 4 is 70.9 Å². The van der Waals surface area contributed by atoms with Crippen LogP contribution < -0.4 is 21.3 Å². The fourth-order valence-corrected chi connectivity index (χ4v) is 12.6. The number of likely N-dealkylation sites (N-methyl/N-ethyl adjacent to an activating group) is 7. The molecule has 28 heteroatoms. The number of nitrogens with zero attached hydrogens (tertiary/aromatic N) is 8. The van der Waals surface area contributed by atoms with Crippen molar-refractivity contribution in [3.8, 4) is 0 Å². The average molecular weight is 1380 g/mol. The molecule has 0 radical (unpaired) electrons. The van der Waals surface area contributed by atoms with Crippen molar-refractivity contribution < 1.29 is 75.1 Å². The van der Waals surface area contributed by atoms with Crippen LogP contribution in [0.4, 0.5) is 17.6 Å². The van der Waals surface area contributed by atoms with E-state index in [0.717, 1.165) is 62.7 Å². The summed E-state index contributed by atoms with van der Waals surface area (Å²) in [4.78, 5) is 185. The minimum absolute atomic E-state index is 0.00944. The van der Waals surface area contributed by atoms with Gasteiger partial charge in [-0.2, -0.15) is 13.2 Å². The number of benzene rings is 1. The van der Waals surface area contributed by atoms with Crippen LogP contribution in [-0.2, 0) is 70.1 Å². The Bertz CT molecular complexity index is 2950. The number of amides is 12. The van der Waals surface area contributed by atoms with E-state index in [2.05, 4.69) is 21.3 Å². The number of nitrogens with one attached hydrogen (secondary N) is 4. The van der Waals surface area contributed by atoms with Crippen LogP contribution in [0.3, 0.4) is 0 Å². The SMILES string of the molecule is CC[C@H](C)[C@@H]1NC(=O)[C@H](CC(C)C)N(C)C(=O)C[C@@H](C(=O)N2CCCC2)N(C)C(=O)[C@H](CC(C)C)NC(=O)C(C)(C)N(C)C(=O)[C@H](CC(C)C)NC(=O)[C@H](CCc2ccc(C(F)(F)F)c(F)c2)NC(=O)CN(C)C(=O)[C@H](CC2CCCCC2)N(C)C(=O)CN(C)C(=O)CN(C)C1=O. The highest BCUT2D eigenvalue weighted by atomic mass is 19.4. The first kappa shape index (κ1) is 82.0. The fraction of sp³-hybridized carbons (Fsp3) is 0.739. The summed E-state index contributed by atoms with van der Waals surface area (Å²) < 4.78 is 55.9. The van der Waals surface area contributed by atoms with Crippen molar-refractivity contribution in [3.05, 3.63) is 35.1 Å². The van der Waals surface area contributed by atoms with E-state index in [4.69, 9.17) is 0 Å². The van der Waals surface area contributed by atoms with E-state index >= 15 is 4.79 Å². The second kappa shape index (κ2) is 36.4. The van der Waals surface area contributed by atoms with Gasteiger partial charge in [-0.05, 0) is 112 Å². The Hall–Kier alpha value is -7.42. The van der Waals surface area contributed by atoms with Gasteiger partial charge >= 0.3 is 6.18 Å². The lowest BCUT2D eigenvalue weighted by atomic mass is 9.84. The molecule has 1 aromatic carbocycles. The summed E-state index contributed by atoms with van der Waals surface area (Å²) in [7, 11) is 9.52. The minimum atomic E-state index is -5.01. The van der Waals surface area contributed by atoms with Crippen LogP contribution in [0.5, 0.6) is 0 Å². The largest absolute Gasteiger partial charge is 0.419 e. The van der Waals surface area contributed by atoms with E-state index < -0.39 is 168 Å². The zero-order valence-corrected chi connectivity index (χ0v) is 60.3. The number of hydrogen-bond donors (Lipinski definition) is 4. The van der Waals surface area contributed by atoms with Crippen molar-refractivity contribution in [2.45, 2.75) is 220 Å². The topological polar surface area (TPSA) is 279 Å². The molecule has 546 valence electrons. The van der Waals surface area contributed by atoms with Gasteiger partial charge in [0.15, 0.2) is 0 Å². The second-order valence-corrected chi connectivity index (χ2v) is 28.9. The smallest absolute Gasteiger partial charge is 0.343 e. The van der Waals surface area contributed by atoms with Gasteiger partial charge < -0.3 is 60.5 Å². The van der Waals surface area contributed by atoms with Crippen molar-refractivity contribution in [3.63, 3.8) is 0 Å². The number of carbonyl (C=O) groups excluding carboxylic acids is 12. The molecule has 8 atom stereocenters. The van der Waals surface area contributed by atoms with E-state index in [1.165, 1.54) is 73.0 Å². The highest BCUT2D eigenvalue weighted by Gasteiger charge is 2.45. The predicted octanol–water partition coefficient (Wildman–Crippen LogP) is 4.99. The van der Waals surface area contributed by atoms with Gasteiger partial charge in [-0.3, -0.25) is 57.5 Å². The number of hydrogen-bond acceptors (Lipinski definition) is 12. The van der Waals surface area contributed by atoms with E-state index in [1.54, 1.807) is 39.5 Å². The number of halogens is 4. The summed E-state index contributed by atoms with van der Waals surface area (Å²) in [6.45, 7) is 16.1. The van der Waals surface area contributed by atoms with Crippen molar-refractivity contribution in [1.82, 2.24) is 60.5 Å². The lowest BCUT2D eigenvalue weighted by Gasteiger charge is -2.39. The molecule has 3 aliphatic rings. The Balaban J connectivity index is 1.88. The van der Waals surface area contributed by atoms with Gasteiger partial charge in [-0.25, -0.2) is 4.39 Å². The van der Waals surface area contributed by atoms with E-state index in [1.807, 2.05) is 20.8 Å². The first-order valence-electron chi connectivity index (χ1n) is 34.3. The van der Waals surface area contributed by atoms with E-state index in [0.29, 0.717) is 44.5 Å². The molecule has 4 rings (SSSR count).